The number of nitrogens with zero attached hydrogens (tertiary/aromatic N) is 2. The summed E-state index contributed by atoms with van der Waals surface area (Å²) in [5.41, 5.74) is 2.92. The Kier molecular flexibility index (Phi) is 3.39. The number of hydrogen-bond donors (Lipinski definition) is 2. The maximum Gasteiger partial charge on any atom is 0.251 e. The summed E-state index contributed by atoms with van der Waals surface area (Å²) < 4.78 is 5.29. The Morgan fingerprint density at radius 2 is 2.26 bits per heavy atom. The number of benzene rings is 1. The molecule has 0 fully saturated rings. The molecule has 0 bridgehead atoms. The van der Waals surface area contributed by atoms with Crippen LogP contribution in [0.2, 0.25) is 0 Å². The summed E-state index contributed by atoms with van der Waals surface area (Å²) in [6.45, 7) is 0.314. The van der Waals surface area contributed by atoms with Crippen LogP contribution in [0.5, 0.6) is 0 Å². The molecule has 0 aliphatic heterocycles. The van der Waals surface area contributed by atoms with Gasteiger partial charge in [0.1, 0.15) is 5.69 Å². The first-order valence-electron chi connectivity index (χ1n) is 7.00. The molecule has 0 saturated carbocycles. The van der Waals surface area contributed by atoms with Crippen LogP contribution in [-0.2, 0) is 6.54 Å². The number of carbonyl (C=O) groups excluding carboxylic acids is 1. The molecule has 0 radical (unpaired) electrons. The van der Waals surface area contributed by atoms with E-state index in [0.717, 1.165) is 15.9 Å². The number of rotatable bonds is 4. The Morgan fingerprint density at radius 1 is 1.30 bits per heavy atom. The summed E-state index contributed by atoms with van der Waals surface area (Å²) in [6.07, 6.45) is 1.61. The molecule has 3 aromatic heterocycles. The Hall–Kier alpha value is -2.93. The SMILES string of the molecule is O=C(NCc1cc(-c2cccs2)on1)c1ccc2nc[nH]c2c1. The lowest BCUT2D eigenvalue weighted by Crippen LogP contribution is -2.22. The van der Waals surface area contributed by atoms with Crippen LogP contribution in [0.3, 0.4) is 0 Å². The fourth-order valence-corrected chi connectivity index (χ4v) is 2.95. The fourth-order valence-electron chi connectivity index (χ4n) is 2.28. The summed E-state index contributed by atoms with van der Waals surface area (Å²) in [5.74, 6) is 0.547. The summed E-state index contributed by atoms with van der Waals surface area (Å²) in [6, 6.07) is 11.1. The van der Waals surface area contributed by atoms with Crippen molar-refractivity contribution in [2.24, 2.45) is 0 Å². The molecule has 6 nitrogen and oxygen atoms in total. The van der Waals surface area contributed by atoms with Crippen molar-refractivity contribution in [2.45, 2.75) is 6.54 Å². The molecular weight excluding hydrogens is 312 g/mol. The van der Waals surface area contributed by atoms with Crippen molar-refractivity contribution in [2.75, 3.05) is 0 Å². The molecule has 4 rings (SSSR count). The number of imidazole rings is 1. The van der Waals surface area contributed by atoms with E-state index in [9.17, 15) is 4.79 Å². The smallest absolute Gasteiger partial charge is 0.251 e. The number of thiophene rings is 1. The minimum absolute atomic E-state index is 0.165. The van der Waals surface area contributed by atoms with Crippen LogP contribution >= 0.6 is 11.3 Å². The van der Waals surface area contributed by atoms with Crippen molar-refractivity contribution in [1.82, 2.24) is 20.4 Å². The van der Waals surface area contributed by atoms with Crippen LogP contribution in [0.1, 0.15) is 16.1 Å². The first kappa shape index (κ1) is 13.7. The Labute approximate surface area is 135 Å². The van der Waals surface area contributed by atoms with Gasteiger partial charge in [0.05, 0.1) is 28.8 Å². The first-order valence-corrected chi connectivity index (χ1v) is 7.88. The second-order valence-corrected chi connectivity index (χ2v) is 5.92. The molecule has 7 heteroatoms. The van der Waals surface area contributed by atoms with Gasteiger partial charge in [-0.2, -0.15) is 0 Å². The monoisotopic (exact) mass is 324 g/mol. The maximum atomic E-state index is 12.2. The van der Waals surface area contributed by atoms with Crippen molar-refractivity contribution in [3.63, 3.8) is 0 Å². The number of aromatic amines is 1. The molecular formula is C16H12N4O2S. The average Bonchev–Trinajstić information content (AvgIpc) is 3.32. The number of amides is 1. The molecule has 0 aliphatic carbocycles. The van der Waals surface area contributed by atoms with E-state index in [2.05, 4.69) is 20.4 Å². The Morgan fingerprint density at radius 3 is 3.13 bits per heavy atom. The largest absolute Gasteiger partial charge is 0.355 e. The quantitative estimate of drug-likeness (QED) is 0.604. The highest BCUT2D eigenvalue weighted by Crippen LogP contribution is 2.25. The molecule has 114 valence electrons. The lowest BCUT2D eigenvalue weighted by atomic mass is 10.2. The van der Waals surface area contributed by atoms with E-state index in [1.165, 1.54) is 0 Å². The van der Waals surface area contributed by atoms with E-state index in [4.69, 9.17) is 4.52 Å². The lowest BCUT2D eigenvalue weighted by Gasteiger charge is -2.02. The highest BCUT2D eigenvalue weighted by atomic mass is 32.1. The van der Waals surface area contributed by atoms with Gasteiger partial charge < -0.3 is 14.8 Å². The van der Waals surface area contributed by atoms with Crippen LogP contribution in [-0.4, -0.2) is 21.0 Å². The average molecular weight is 324 g/mol. The van der Waals surface area contributed by atoms with Gasteiger partial charge in [0.2, 0.25) is 0 Å². The zero-order valence-electron chi connectivity index (χ0n) is 11.9. The predicted molar refractivity (Wildman–Crippen MR) is 87.1 cm³/mol. The zero-order valence-corrected chi connectivity index (χ0v) is 12.8. The predicted octanol–water partition coefficient (Wildman–Crippen LogP) is 3.21. The van der Waals surface area contributed by atoms with Crippen LogP contribution < -0.4 is 5.32 Å². The van der Waals surface area contributed by atoms with Crippen LogP contribution in [0, 0.1) is 0 Å². The van der Waals surface area contributed by atoms with Gasteiger partial charge in [-0.3, -0.25) is 4.79 Å². The third-order valence-electron chi connectivity index (χ3n) is 3.44. The third kappa shape index (κ3) is 2.74. The molecule has 4 aromatic rings. The number of nitrogens with one attached hydrogen (secondary N) is 2. The van der Waals surface area contributed by atoms with E-state index in [0.29, 0.717) is 23.6 Å². The number of aromatic nitrogens is 3. The first-order chi connectivity index (χ1) is 11.3. The minimum Gasteiger partial charge on any atom is -0.355 e. The van der Waals surface area contributed by atoms with Crippen LogP contribution in [0.15, 0.2) is 52.6 Å². The van der Waals surface area contributed by atoms with Crippen LogP contribution in [0.25, 0.3) is 21.7 Å². The molecule has 0 spiro atoms. The van der Waals surface area contributed by atoms with Crippen molar-refractivity contribution < 1.29 is 9.32 Å². The summed E-state index contributed by atoms with van der Waals surface area (Å²) in [7, 11) is 0. The highest BCUT2D eigenvalue weighted by molar-refractivity contribution is 7.13. The summed E-state index contributed by atoms with van der Waals surface area (Å²) in [4.78, 5) is 20.4. The van der Waals surface area contributed by atoms with Gasteiger partial charge in [0, 0.05) is 11.6 Å². The molecule has 0 saturated heterocycles. The normalized spacial score (nSPS) is 11.0. The topological polar surface area (TPSA) is 83.8 Å². The lowest BCUT2D eigenvalue weighted by molar-refractivity contribution is 0.0950. The van der Waals surface area contributed by atoms with Gasteiger partial charge in [-0.25, -0.2) is 4.98 Å². The second kappa shape index (κ2) is 5.69. The van der Waals surface area contributed by atoms with Gasteiger partial charge in [0.25, 0.3) is 5.91 Å². The molecule has 3 heterocycles. The van der Waals surface area contributed by atoms with Gasteiger partial charge in [-0.1, -0.05) is 11.2 Å². The standard InChI is InChI=1S/C16H12N4O2S/c21-16(10-3-4-12-13(6-10)19-9-18-12)17-8-11-7-14(22-20-11)15-2-1-5-23-15/h1-7,9H,8H2,(H,17,21)(H,18,19). The van der Waals surface area contributed by atoms with Gasteiger partial charge >= 0.3 is 0 Å². The second-order valence-electron chi connectivity index (χ2n) is 4.98. The van der Waals surface area contributed by atoms with Crippen molar-refractivity contribution in [3.8, 4) is 10.6 Å². The zero-order chi connectivity index (χ0) is 15.6. The van der Waals surface area contributed by atoms with E-state index in [1.54, 1.807) is 29.8 Å². The van der Waals surface area contributed by atoms with Crippen LogP contribution in [0.4, 0.5) is 0 Å². The molecule has 0 atom stereocenters. The number of carbonyl (C=O) groups is 1. The third-order valence-corrected chi connectivity index (χ3v) is 4.32. The number of H-pyrrole nitrogens is 1. The van der Waals surface area contributed by atoms with E-state index >= 15 is 0 Å². The maximum absolute atomic E-state index is 12.2. The number of fused-ring (bicyclic) bond motifs is 1. The highest BCUT2D eigenvalue weighted by Gasteiger charge is 2.10. The van der Waals surface area contributed by atoms with Gasteiger partial charge in [-0.15, -0.1) is 11.3 Å². The van der Waals surface area contributed by atoms with Crippen molar-refractivity contribution >= 4 is 28.3 Å². The minimum atomic E-state index is -0.165. The molecule has 1 amide bonds. The van der Waals surface area contributed by atoms with E-state index in [1.807, 2.05) is 29.6 Å². The molecule has 2 N–H and O–H groups in total. The van der Waals surface area contributed by atoms with Gasteiger partial charge in [0.15, 0.2) is 5.76 Å². The van der Waals surface area contributed by atoms with E-state index in [-0.39, 0.29) is 5.91 Å². The molecule has 0 aliphatic rings. The Balaban J connectivity index is 1.45. The molecule has 1 aromatic carbocycles. The van der Waals surface area contributed by atoms with Gasteiger partial charge in [-0.05, 0) is 29.6 Å². The summed E-state index contributed by atoms with van der Waals surface area (Å²) in [5, 5.41) is 8.80. The Bertz CT molecular complexity index is 955. The van der Waals surface area contributed by atoms with Crippen molar-refractivity contribution in [3.05, 3.63) is 59.4 Å². The fraction of sp³-hybridized carbons (Fsp3) is 0.0625. The molecule has 0 unspecified atom stereocenters. The van der Waals surface area contributed by atoms with Crippen molar-refractivity contribution in [1.29, 1.82) is 0 Å². The number of hydrogen-bond acceptors (Lipinski definition) is 5. The van der Waals surface area contributed by atoms with E-state index < -0.39 is 0 Å². The molecule has 23 heavy (non-hydrogen) atoms. The summed E-state index contributed by atoms with van der Waals surface area (Å²) >= 11 is 1.58.